The molecule has 19 nitrogen and oxygen atoms in total. The van der Waals surface area contributed by atoms with E-state index < -0.39 is 64.5 Å². The molecular weight excluding hydrogens is 681 g/mol. The zero-order valence-corrected chi connectivity index (χ0v) is 33.1. The Morgan fingerprint density at radius 2 is 1.63 bits per heavy atom. The third-order valence-electron chi connectivity index (χ3n) is 5.90. The van der Waals surface area contributed by atoms with Crippen molar-refractivity contribution in [3.05, 3.63) is 41.7 Å². The number of benzene rings is 1. The van der Waals surface area contributed by atoms with Crippen molar-refractivity contribution in [2.75, 3.05) is 30.0 Å². The summed E-state index contributed by atoms with van der Waals surface area (Å²) in [6.07, 6.45) is 0.324. The van der Waals surface area contributed by atoms with Gasteiger partial charge in [-0.2, -0.15) is 9.97 Å². The quantitative estimate of drug-likeness (QED) is 0.0415. The number of nitrogens with one attached hydrogen (secondary N) is 1. The van der Waals surface area contributed by atoms with Crippen molar-refractivity contribution in [3.8, 4) is 0 Å². The minimum absolute atomic E-state index is 0. The molecule has 0 aliphatic carbocycles. The van der Waals surface area contributed by atoms with Crippen LogP contribution in [0.4, 0.5) is 17.5 Å². The molecule has 1 aromatic carbocycles. The maximum Gasteiger partial charge on any atom is 1.00 e. The number of carboxylic acid groups (broad SMARTS) is 1. The van der Waals surface area contributed by atoms with E-state index in [1.165, 1.54) is 18.3 Å². The fraction of sp³-hybridized carbons (Fsp3) is 0.318. The van der Waals surface area contributed by atoms with E-state index in [9.17, 15) is 34.5 Å². The summed E-state index contributed by atoms with van der Waals surface area (Å²) >= 11 is 0. The molecule has 0 aliphatic rings. The molecule has 0 radical (unpaired) electrons. The first-order valence-corrected chi connectivity index (χ1v) is 15.4. The Balaban J connectivity index is 0.00000675. The standard InChI is InChI=1S/C22H29N9O10P2.3Na/c1-31(10-12-8-26-19-17(27-12)18(23)29-22(24)30-19)13-4-2-11(3-5-13)20(33)28-14(21(34)35)6-7-15(32)25-9-16(42(36,37)38)43(39,40)41;;;/h2-5,8,14,16H,6-7,9-10H2,1H3,(H,25,32)(H,28,33)(H,34,35)(H2,36,37,38)(H2,39,40,41)(H4,23,24,26,29,30);;;/q;3*+1/p-3. The van der Waals surface area contributed by atoms with Crippen LogP contribution in [0.2, 0.25) is 0 Å². The molecule has 2 aromatic heterocycles. The van der Waals surface area contributed by atoms with Gasteiger partial charge in [0.15, 0.2) is 17.0 Å². The van der Waals surface area contributed by atoms with Crippen LogP contribution in [0.25, 0.3) is 11.2 Å². The molecule has 1 amide bonds. The summed E-state index contributed by atoms with van der Waals surface area (Å²) in [5.74, 6) is -3.60. The van der Waals surface area contributed by atoms with Crippen LogP contribution in [-0.4, -0.2) is 77.4 Å². The first-order valence-electron chi connectivity index (χ1n) is 12.1. The second-order valence-electron chi connectivity index (χ2n) is 9.16. The Kier molecular flexibility index (Phi) is 18.9. The zero-order chi connectivity index (χ0) is 32.1. The van der Waals surface area contributed by atoms with Crippen molar-refractivity contribution >= 4 is 62.3 Å². The van der Waals surface area contributed by atoms with Crippen LogP contribution in [0.15, 0.2) is 35.5 Å². The number of aromatic nitrogens is 4. The Hall–Kier alpha value is -0.930. The van der Waals surface area contributed by atoms with E-state index >= 15 is 0 Å². The molecule has 0 spiro atoms. The van der Waals surface area contributed by atoms with E-state index in [1.807, 2.05) is 0 Å². The first kappa shape index (κ1) is 45.1. The normalized spacial score (nSPS) is 13.0. The Morgan fingerprint density at radius 3 is 2.17 bits per heavy atom. The topological polar surface area (TPSA) is 341 Å². The number of carboxylic acids is 1. The predicted molar refractivity (Wildman–Crippen MR) is 145 cm³/mol. The number of carbonyl (C=O) groups excluding carboxylic acids is 2. The Labute approximate surface area is 329 Å². The molecule has 0 bridgehead atoms. The molecule has 0 saturated heterocycles. The SMILES string of the molecule is CN(Cc1cnc2nc(N)nc(N)c2n1)c1ccc(C(=O)NC(CCC([O-])=NCC([P+]([O-])([O-])O)[P+]([O-])(O)O)C(=O)[O-])cc1.[Na+].[Na+].[Na+]. The number of rotatable bonds is 13. The van der Waals surface area contributed by atoms with E-state index in [1.54, 1.807) is 24.1 Å². The van der Waals surface area contributed by atoms with Gasteiger partial charge in [0.1, 0.15) is 6.54 Å². The molecular formula is C22H26N9Na3O10P2. The third-order valence-corrected chi connectivity index (χ3v) is 9.54. The summed E-state index contributed by atoms with van der Waals surface area (Å²) in [4.78, 5) is 106. The van der Waals surface area contributed by atoms with Crippen molar-refractivity contribution in [1.29, 1.82) is 0 Å². The molecule has 0 fully saturated rings. The number of hydrogen-bond donors (Lipinski definition) is 6. The number of nitrogens with two attached hydrogens (primary N) is 2. The summed E-state index contributed by atoms with van der Waals surface area (Å²) in [6.45, 7) is -0.960. The molecule has 8 N–H and O–H groups in total. The van der Waals surface area contributed by atoms with E-state index in [0.717, 1.165) is 0 Å². The molecule has 46 heavy (non-hydrogen) atoms. The number of nitrogens with zero attached hydrogens (tertiary/aromatic N) is 6. The summed E-state index contributed by atoms with van der Waals surface area (Å²) in [5, 5.41) is 23.1. The van der Waals surface area contributed by atoms with E-state index in [2.05, 4.69) is 30.2 Å². The minimum atomic E-state index is -5.54. The number of aliphatic imine (C=N–C) groups is 1. The molecule has 2 heterocycles. The second-order valence-corrected chi connectivity index (χ2v) is 13.1. The van der Waals surface area contributed by atoms with Gasteiger partial charge < -0.3 is 51.4 Å². The van der Waals surface area contributed by atoms with Gasteiger partial charge in [-0.3, -0.25) is 14.7 Å². The number of nitrogen functional groups attached to an aromatic ring is 2. The molecule has 3 aromatic rings. The average molecular weight is 707 g/mol. The summed E-state index contributed by atoms with van der Waals surface area (Å²) in [6, 6.07) is 4.37. The van der Waals surface area contributed by atoms with Gasteiger partial charge >= 0.3 is 88.7 Å². The Morgan fingerprint density at radius 1 is 1.02 bits per heavy atom. The third kappa shape index (κ3) is 13.2. The summed E-state index contributed by atoms with van der Waals surface area (Å²) in [5.41, 5.74) is 13.2. The van der Waals surface area contributed by atoms with Crippen LogP contribution < -0.4 is 135 Å². The number of hydrogen-bond acceptors (Lipinski definition) is 18. The van der Waals surface area contributed by atoms with E-state index in [4.69, 9.17) is 26.1 Å². The molecule has 0 saturated carbocycles. The van der Waals surface area contributed by atoms with Crippen LogP contribution in [0.3, 0.4) is 0 Å². The molecule has 2 unspecified atom stereocenters. The van der Waals surface area contributed by atoms with E-state index in [-0.39, 0.29) is 124 Å². The number of fused-ring (bicyclic) bond motifs is 1. The maximum absolute atomic E-state index is 12.6. The first-order chi connectivity index (χ1) is 20.0. The van der Waals surface area contributed by atoms with Gasteiger partial charge in [-0.25, -0.2) is 19.8 Å². The molecule has 232 valence electrons. The van der Waals surface area contributed by atoms with Crippen molar-refractivity contribution in [2.45, 2.75) is 30.8 Å². The molecule has 3 rings (SSSR count). The van der Waals surface area contributed by atoms with Crippen LogP contribution >= 0.6 is 15.9 Å². The monoisotopic (exact) mass is 707 g/mol. The van der Waals surface area contributed by atoms with Gasteiger partial charge in [-0.05, 0) is 43.0 Å². The predicted octanol–water partition coefficient (Wildman–Crippen LogP) is -14.5. The van der Waals surface area contributed by atoms with Gasteiger partial charge in [0, 0.05) is 18.3 Å². The van der Waals surface area contributed by atoms with Gasteiger partial charge in [0.05, 0.1) is 38.4 Å². The average Bonchev–Trinajstić information content (AvgIpc) is 2.89. The van der Waals surface area contributed by atoms with Crippen LogP contribution in [0, 0.1) is 0 Å². The fourth-order valence-electron chi connectivity index (χ4n) is 3.68. The minimum Gasteiger partial charge on any atom is -0.862 e. The van der Waals surface area contributed by atoms with Gasteiger partial charge in [0.25, 0.3) is 19.3 Å². The van der Waals surface area contributed by atoms with Crippen LogP contribution in [0.1, 0.15) is 28.9 Å². The van der Waals surface area contributed by atoms with Crippen molar-refractivity contribution in [1.82, 2.24) is 25.3 Å². The molecule has 0 aliphatic heterocycles. The van der Waals surface area contributed by atoms with Gasteiger partial charge in [-0.1, -0.05) is 0 Å². The molecule has 24 heteroatoms. The van der Waals surface area contributed by atoms with Crippen molar-refractivity contribution in [3.63, 3.8) is 0 Å². The zero-order valence-electron chi connectivity index (χ0n) is 25.3. The maximum atomic E-state index is 12.6. The van der Waals surface area contributed by atoms with Crippen LogP contribution in [-0.2, 0) is 11.3 Å². The Bertz CT molecular complexity index is 1500. The summed E-state index contributed by atoms with van der Waals surface area (Å²) in [7, 11) is -9.15. The number of amides is 1. The van der Waals surface area contributed by atoms with Crippen LogP contribution in [0.5, 0.6) is 0 Å². The van der Waals surface area contributed by atoms with E-state index in [0.29, 0.717) is 11.4 Å². The summed E-state index contributed by atoms with van der Waals surface area (Å²) < 4.78 is 0. The van der Waals surface area contributed by atoms with Crippen molar-refractivity contribution < 1.29 is 138 Å². The fourth-order valence-corrected chi connectivity index (χ4v) is 5.78. The van der Waals surface area contributed by atoms with Crippen molar-refractivity contribution in [2.24, 2.45) is 4.99 Å². The smallest absolute Gasteiger partial charge is 0.862 e. The largest absolute Gasteiger partial charge is 1.00 e. The van der Waals surface area contributed by atoms with Gasteiger partial charge in [-0.15, -0.1) is 0 Å². The second kappa shape index (κ2) is 19.3. The number of aliphatic carboxylic acids is 1. The number of anilines is 3. The van der Waals surface area contributed by atoms with Gasteiger partial charge in [0.2, 0.25) is 5.95 Å². The molecule has 2 atom stereocenters. The number of carbonyl (C=O) groups is 2.